The first-order valence-corrected chi connectivity index (χ1v) is 6.59. The molecule has 1 atom stereocenters. The predicted octanol–water partition coefficient (Wildman–Crippen LogP) is 1.19. The first-order valence-electron chi connectivity index (χ1n) is 5.79. The highest BCUT2D eigenvalue weighted by Crippen LogP contribution is 2.31. The summed E-state index contributed by atoms with van der Waals surface area (Å²) in [6.07, 6.45) is 1.50. The summed E-state index contributed by atoms with van der Waals surface area (Å²) < 4.78 is 6.60. The number of rotatable bonds is 3. The number of aromatic amines is 1. The van der Waals surface area contributed by atoms with Crippen LogP contribution >= 0.6 is 15.9 Å². The lowest BCUT2D eigenvalue weighted by molar-refractivity contribution is -0.127. The largest absolute Gasteiger partial charge is 0.480 e. The molecule has 1 aromatic heterocycles. The van der Waals surface area contributed by atoms with E-state index in [9.17, 15) is 4.79 Å². The molecular weight excluding hydrogens is 312 g/mol. The smallest absolute Gasteiger partial charge is 0.261 e. The molecule has 0 saturated heterocycles. The van der Waals surface area contributed by atoms with Crippen molar-refractivity contribution >= 4 is 21.8 Å². The predicted molar refractivity (Wildman–Crippen MR) is 70.5 cm³/mol. The Hall–Kier alpha value is -1.89. The average molecular weight is 323 g/mol. The number of carbonyl (C=O) groups excluding carboxylic acids is 1. The van der Waals surface area contributed by atoms with Crippen LogP contribution in [0.5, 0.6) is 5.75 Å². The number of amides is 1. The van der Waals surface area contributed by atoms with Crippen molar-refractivity contribution in [3.05, 3.63) is 40.4 Å². The molecule has 98 valence electrons. The number of nitrogens with one attached hydrogen (secondary N) is 2. The van der Waals surface area contributed by atoms with Crippen molar-refractivity contribution in [1.82, 2.24) is 20.5 Å². The molecule has 0 spiro atoms. The van der Waals surface area contributed by atoms with Crippen LogP contribution in [0.3, 0.4) is 0 Å². The lowest BCUT2D eigenvalue weighted by Crippen LogP contribution is -2.37. The molecule has 1 amide bonds. The number of benzene rings is 1. The Balaban J connectivity index is 1.61. The third-order valence-corrected chi connectivity index (χ3v) is 3.38. The van der Waals surface area contributed by atoms with Gasteiger partial charge < -0.3 is 10.1 Å². The van der Waals surface area contributed by atoms with E-state index in [-0.39, 0.29) is 5.91 Å². The fraction of sp³-hybridized carbons (Fsp3) is 0.250. The second-order valence-electron chi connectivity index (χ2n) is 4.21. The van der Waals surface area contributed by atoms with Crippen LogP contribution in [-0.2, 0) is 17.8 Å². The molecule has 0 aliphatic carbocycles. The van der Waals surface area contributed by atoms with Crippen molar-refractivity contribution in [1.29, 1.82) is 0 Å². The Kier molecular flexibility index (Phi) is 3.20. The molecule has 1 aromatic carbocycles. The van der Waals surface area contributed by atoms with Crippen LogP contribution in [0.25, 0.3) is 0 Å². The van der Waals surface area contributed by atoms with Gasteiger partial charge in [-0.2, -0.15) is 5.10 Å². The maximum atomic E-state index is 12.0. The summed E-state index contributed by atoms with van der Waals surface area (Å²) in [4.78, 5) is 15.9. The molecule has 2 heterocycles. The highest BCUT2D eigenvalue weighted by molar-refractivity contribution is 9.10. The van der Waals surface area contributed by atoms with Crippen molar-refractivity contribution in [3.8, 4) is 5.75 Å². The normalized spacial score (nSPS) is 16.8. The van der Waals surface area contributed by atoms with E-state index in [4.69, 9.17) is 4.74 Å². The fourth-order valence-electron chi connectivity index (χ4n) is 1.96. The van der Waals surface area contributed by atoms with E-state index in [1.54, 1.807) is 0 Å². The third-order valence-electron chi connectivity index (χ3n) is 2.88. The zero-order valence-corrected chi connectivity index (χ0v) is 11.5. The van der Waals surface area contributed by atoms with Crippen molar-refractivity contribution in [2.24, 2.45) is 0 Å². The number of nitrogens with zero attached hydrogens (tertiary/aromatic N) is 2. The third kappa shape index (κ3) is 2.60. The highest BCUT2D eigenvalue weighted by atomic mass is 79.9. The second kappa shape index (κ2) is 5.00. The molecule has 1 aliphatic heterocycles. The molecule has 0 saturated carbocycles. The minimum absolute atomic E-state index is 0.149. The second-order valence-corrected chi connectivity index (χ2v) is 5.13. The van der Waals surface area contributed by atoms with Gasteiger partial charge in [0.15, 0.2) is 6.10 Å². The Morgan fingerprint density at radius 1 is 1.58 bits per heavy atom. The molecule has 2 aromatic rings. The Bertz CT molecular complexity index is 600. The summed E-state index contributed by atoms with van der Waals surface area (Å²) >= 11 is 3.40. The number of hydrogen-bond donors (Lipinski definition) is 2. The first-order chi connectivity index (χ1) is 9.22. The Labute approximate surface area is 117 Å². The highest BCUT2D eigenvalue weighted by Gasteiger charge is 2.29. The fourth-order valence-corrected chi connectivity index (χ4v) is 2.37. The van der Waals surface area contributed by atoms with E-state index < -0.39 is 6.10 Å². The summed E-state index contributed by atoms with van der Waals surface area (Å²) in [5.41, 5.74) is 1.04. The van der Waals surface area contributed by atoms with Crippen molar-refractivity contribution in [3.63, 3.8) is 0 Å². The summed E-state index contributed by atoms with van der Waals surface area (Å²) in [5.74, 6) is 1.23. The van der Waals surface area contributed by atoms with E-state index in [0.717, 1.165) is 15.8 Å². The Morgan fingerprint density at radius 3 is 3.26 bits per heavy atom. The maximum Gasteiger partial charge on any atom is 0.261 e. The lowest BCUT2D eigenvalue weighted by Gasteiger charge is -2.10. The Morgan fingerprint density at radius 2 is 2.47 bits per heavy atom. The van der Waals surface area contributed by atoms with Gasteiger partial charge in [-0.1, -0.05) is 15.9 Å². The number of H-pyrrole nitrogens is 1. The minimum atomic E-state index is -0.479. The number of aromatic nitrogens is 3. The lowest BCUT2D eigenvalue weighted by atomic mass is 10.1. The summed E-state index contributed by atoms with van der Waals surface area (Å²) in [6.45, 7) is 0.318. The molecule has 0 radical (unpaired) electrons. The van der Waals surface area contributed by atoms with Crippen LogP contribution in [0, 0.1) is 0 Å². The van der Waals surface area contributed by atoms with Gasteiger partial charge in [0.05, 0.1) is 6.54 Å². The molecular formula is C12H11BrN4O2. The van der Waals surface area contributed by atoms with Crippen LogP contribution in [0.1, 0.15) is 11.4 Å². The van der Waals surface area contributed by atoms with Gasteiger partial charge in [0.25, 0.3) is 5.91 Å². The number of carbonyl (C=O) groups is 1. The standard InChI is InChI=1S/C12H11BrN4O2/c13-8-1-2-9-7(3-8)4-10(19-9)12(18)14-5-11-15-6-16-17-11/h1-3,6,10H,4-5H2,(H,14,18)(H,15,16,17)/t10-/m1/s1. The van der Waals surface area contributed by atoms with Crippen molar-refractivity contribution in [2.75, 3.05) is 0 Å². The zero-order chi connectivity index (χ0) is 13.2. The average Bonchev–Trinajstić information content (AvgIpc) is 3.04. The maximum absolute atomic E-state index is 12.0. The monoisotopic (exact) mass is 322 g/mol. The van der Waals surface area contributed by atoms with E-state index >= 15 is 0 Å². The van der Waals surface area contributed by atoms with Gasteiger partial charge in [-0.3, -0.25) is 9.89 Å². The topological polar surface area (TPSA) is 79.9 Å². The first kappa shape index (κ1) is 12.2. The summed E-state index contributed by atoms with van der Waals surface area (Å²) in [7, 11) is 0. The quantitative estimate of drug-likeness (QED) is 0.889. The van der Waals surface area contributed by atoms with Crippen molar-refractivity contribution in [2.45, 2.75) is 19.1 Å². The van der Waals surface area contributed by atoms with Gasteiger partial charge in [0.1, 0.15) is 17.9 Å². The van der Waals surface area contributed by atoms with Crippen LogP contribution in [0.4, 0.5) is 0 Å². The van der Waals surface area contributed by atoms with E-state index in [0.29, 0.717) is 18.8 Å². The van der Waals surface area contributed by atoms with E-state index in [1.807, 2.05) is 18.2 Å². The van der Waals surface area contributed by atoms with Crippen LogP contribution in [0.2, 0.25) is 0 Å². The van der Waals surface area contributed by atoms with Gasteiger partial charge in [0.2, 0.25) is 0 Å². The van der Waals surface area contributed by atoms with Gasteiger partial charge in [-0.05, 0) is 23.8 Å². The molecule has 0 fully saturated rings. The van der Waals surface area contributed by atoms with Gasteiger partial charge in [0, 0.05) is 10.9 Å². The van der Waals surface area contributed by atoms with Crippen LogP contribution < -0.4 is 10.1 Å². The molecule has 1 aliphatic rings. The van der Waals surface area contributed by atoms with Crippen LogP contribution in [0.15, 0.2) is 29.0 Å². The SMILES string of the molecule is O=C(NCc1ncn[nH]1)[C@H]1Cc2cc(Br)ccc2O1. The zero-order valence-electron chi connectivity index (χ0n) is 9.89. The molecule has 7 heteroatoms. The van der Waals surface area contributed by atoms with E-state index in [2.05, 4.69) is 36.4 Å². The number of hydrogen-bond acceptors (Lipinski definition) is 4. The van der Waals surface area contributed by atoms with Crippen LogP contribution in [-0.4, -0.2) is 27.2 Å². The van der Waals surface area contributed by atoms with Crippen molar-refractivity contribution < 1.29 is 9.53 Å². The molecule has 19 heavy (non-hydrogen) atoms. The summed E-state index contributed by atoms with van der Waals surface area (Å²) in [5, 5.41) is 9.17. The minimum Gasteiger partial charge on any atom is -0.480 e. The molecule has 0 bridgehead atoms. The van der Waals surface area contributed by atoms with Gasteiger partial charge in [-0.15, -0.1) is 0 Å². The molecule has 6 nitrogen and oxygen atoms in total. The number of halogens is 1. The molecule has 3 rings (SSSR count). The molecule has 2 N–H and O–H groups in total. The summed E-state index contributed by atoms with van der Waals surface area (Å²) in [6, 6.07) is 5.73. The number of ether oxygens (including phenoxy) is 1. The number of fused-ring (bicyclic) bond motifs is 1. The van der Waals surface area contributed by atoms with Gasteiger partial charge in [-0.25, -0.2) is 4.98 Å². The van der Waals surface area contributed by atoms with Gasteiger partial charge >= 0.3 is 0 Å². The van der Waals surface area contributed by atoms with E-state index in [1.165, 1.54) is 6.33 Å². The molecule has 0 unspecified atom stereocenters.